The fraction of sp³-hybridized carbons (Fsp3) is 0.188. The number of Topliss-reactive ketones (excluding diaryl/α,β-unsaturated/α-hetero) is 1. The zero-order valence-electron chi connectivity index (χ0n) is 13.1. The van der Waals surface area contributed by atoms with Crippen LogP contribution in [0.2, 0.25) is 10.0 Å². The van der Waals surface area contributed by atoms with Crippen molar-refractivity contribution < 1.29 is 19.1 Å². The van der Waals surface area contributed by atoms with Crippen molar-refractivity contribution in [1.29, 1.82) is 0 Å². The molecule has 0 saturated heterocycles. The predicted octanol–water partition coefficient (Wildman–Crippen LogP) is 3.31. The highest BCUT2D eigenvalue weighted by Gasteiger charge is 2.18. The van der Waals surface area contributed by atoms with Crippen LogP contribution in [-0.2, 0) is 16.1 Å². The molecule has 0 spiro atoms. The van der Waals surface area contributed by atoms with Gasteiger partial charge in [-0.1, -0.05) is 23.2 Å². The maximum atomic E-state index is 12.1. The smallest absolute Gasteiger partial charge is 0.340 e. The number of nitrogen functional groups attached to an aromatic ring is 1. The summed E-state index contributed by atoms with van der Waals surface area (Å²) in [6.07, 6.45) is 0. The molecule has 2 aromatic rings. The molecule has 1 heterocycles. The molecule has 3 N–H and O–H groups in total. The topological polar surface area (TPSA) is 98.5 Å². The second-order valence-electron chi connectivity index (χ2n) is 5.02. The van der Waals surface area contributed by atoms with Gasteiger partial charge in [0.2, 0.25) is 11.7 Å². The first kappa shape index (κ1) is 19.2. The second kappa shape index (κ2) is 8.33. The van der Waals surface area contributed by atoms with Crippen molar-refractivity contribution in [3.8, 4) is 0 Å². The van der Waals surface area contributed by atoms with E-state index in [4.69, 9.17) is 33.7 Å². The molecule has 132 valence electrons. The minimum atomic E-state index is -0.787. The Labute approximate surface area is 157 Å². The number of rotatable bonds is 6. The van der Waals surface area contributed by atoms with Crippen molar-refractivity contribution >= 4 is 57.9 Å². The van der Waals surface area contributed by atoms with Crippen molar-refractivity contribution in [3.63, 3.8) is 0 Å². The van der Waals surface area contributed by atoms with Crippen LogP contribution in [0.4, 0.5) is 5.69 Å². The number of carbonyl (C=O) groups excluding carboxylic acids is 3. The quantitative estimate of drug-likeness (QED) is 0.440. The summed E-state index contributed by atoms with van der Waals surface area (Å²) in [5.74, 6) is -1.31. The van der Waals surface area contributed by atoms with Crippen LogP contribution in [0.1, 0.15) is 31.8 Å². The number of anilines is 1. The number of benzene rings is 1. The van der Waals surface area contributed by atoms with Gasteiger partial charge in [0, 0.05) is 16.8 Å². The number of halogens is 2. The van der Waals surface area contributed by atoms with Gasteiger partial charge in [0.25, 0.3) is 0 Å². The monoisotopic (exact) mass is 400 g/mol. The Hall–Kier alpha value is -2.09. The fourth-order valence-corrected chi connectivity index (χ4v) is 3.23. The first-order valence-electron chi connectivity index (χ1n) is 7.06. The number of hydrogen-bond acceptors (Lipinski definition) is 6. The molecule has 1 amide bonds. The van der Waals surface area contributed by atoms with Gasteiger partial charge in [-0.05, 0) is 24.3 Å². The van der Waals surface area contributed by atoms with Crippen LogP contribution in [0.3, 0.4) is 0 Å². The van der Waals surface area contributed by atoms with Crippen molar-refractivity contribution in [1.82, 2.24) is 5.32 Å². The summed E-state index contributed by atoms with van der Waals surface area (Å²) in [5, 5.41) is 3.00. The number of amides is 1. The number of nitrogens with two attached hydrogens (primary N) is 1. The van der Waals surface area contributed by atoms with Crippen LogP contribution in [-0.4, -0.2) is 24.3 Å². The Morgan fingerprint density at radius 2 is 1.96 bits per heavy atom. The Kier molecular flexibility index (Phi) is 6.41. The molecule has 2 rings (SSSR count). The van der Waals surface area contributed by atoms with E-state index in [1.807, 2.05) is 0 Å². The largest absolute Gasteiger partial charge is 0.454 e. The average Bonchev–Trinajstić information content (AvgIpc) is 3.02. The van der Waals surface area contributed by atoms with Crippen molar-refractivity contribution in [3.05, 3.63) is 49.6 Å². The Bertz CT molecular complexity index is 836. The molecule has 0 aliphatic heterocycles. The van der Waals surface area contributed by atoms with Crippen LogP contribution in [0.15, 0.2) is 24.3 Å². The third-order valence-corrected chi connectivity index (χ3v) is 4.75. The van der Waals surface area contributed by atoms with E-state index in [0.717, 1.165) is 4.88 Å². The normalized spacial score (nSPS) is 10.4. The molecule has 0 fully saturated rings. The van der Waals surface area contributed by atoms with Crippen LogP contribution in [0.25, 0.3) is 0 Å². The molecule has 1 aromatic heterocycles. The minimum absolute atomic E-state index is 0.00262. The van der Waals surface area contributed by atoms with E-state index < -0.39 is 12.6 Å². The van der Waals surface area contributed by atoms with E-state index in [0.29, 0.717) is 11.4 Å². The van der Waals surface area contributed by atoms with Gasteiger partial charge in [-0.15, -0.1) is 11.3 Å². The average molecular weight is 401 g/mol. The number of hydrogen-bond donors (Lipinski definition) is 2. The summed E-state index contributed by atoms with van der Waals surface area (Å²) in [6.45, 7) is 1.31. The fourth-order valence-electron chi connectivity index (χ4n) is 1.87. The third kappa shape index (κ3) is 5.19. The molecular formula is C16H14Cl2N2O4S. The first-order chi connectivity index (χ1) is 11.8. The highest BCUT2D eigenvalue weighted by atomic mass is 35.5. The standard InChI is InChI=1S/C16H14Cl2N2O4S/c1-8(21)20-6-10-2-3-14(25-10)13(22)7-24-16(23)11-4-9(17)5-12(18)15(11)19/h2-5H,6-7,19H2,1H3,(H,20,21). The lowest BCUT2D eigenvalue weighted by Gasteiger charge is -2.08. The van der Waals surface area contributed by atoms with Crippen molar-refractivity contribution in [2.24, 2.45) is 0 Å². The van der Waals surface area contributed by atoms with Crippen LogP contribution < -0.4 is 11.1 Å². The molecule has 0 atom stereocenters. The lowest BCUT2D eigenvalue weighted by Crippen LogP contribution is -2.18. The molecule has 9 heteroatoms. The van der Waals surface area contributed by atoms with Crippen molar-refractivity contribution in [2.45, 2.75) is 13.5 Å². The molecule has 0 bridgehead atoms. The SMILES string of the molecule is CC(=O)NCc1ccc(C(=O)COC(=O)c2cc(Cl)cc(Cl)c2N)s1. The van der Waals surface area contributed by atoms with Crippen LogP contribution in [0, 0.1) is 0 Å². The Balaban J connectivity index is 1.98. The van der Waals surface area contributed by atoms with Gasteiger partial charge >= 0.3 is 5.97 Å². The zero-order valence-corrected chi connectivity index (χ0v) is 15.4. The maximum absolute atomic E-state index is 12.1. The summed E-state index contributed by atoms with van der Waals surface area (Å²) in [5.41, 5.74) is 5.76. The summed E-state index contributed by atoms with van der Waals surface area (Å²) in [4.78, 5) is 36.3. The highest BCUT2D eigenvalue weighted by Crippen LogP contribution is 2.28. The highest BCUT2D eigenvalue weighted by molar-refractivity contribution is 7.14. The molecule has 0 aliphatic carbocycles. The molecule has 1 aromatic carbocycles. The van der Waals surface area contributed by atoms with Crippen LogP contribution in [0.5, 0.6) is 0 Å². The van der Waals surface area contributed by atoms with Gasteiger partial charge in [-0.25, -0.2) is 4.79 Å². The summed E-state index contributed by atoms with van der Waals surface area (Å²) >= 11 is 12.9. The van der Waals surface area contributed by atoms with Crippen LogP contribution >= 0.6 is 34.5 Å². The Morgan fingerprint density at radius 3 is 2.64 bits per heavy atom. The molecular weight excluding hydrogens is 387 g/mol. The zero-order chi connectivity index (χ0) is 18.6. The molecule has 0 unspecified atom stereocenters. The first-order valence-corrected chi connectivity index (χ1v) is 8.63. The molecule has 0 radical (unpaired) electrons. The van der Waals surface area contributed by atoms with Gasteiger partial charge in [-0.2, -0.15) is 0 Å². The van der Waals surface area contributed by atoms with E-state index in [2.05, 4.69) is 5.32 Å². The lowest BCUT2D eigenvalue weighted by molar-refractivity contribution is -0.119. The number of thiophene rings is 1. The molecule has 0 saturated carbocycles. The molecule has 6 nitrogen and oxygen atoms in total. The predicted molar refractivity (Wildman–Crippen MR) is 97.3 cm³/mol. The van der Waals surface area contributed by atoms with Gasteiger partial charge in [0.1, 0.15) is 0 Å². The number of esters is 1. The van der Waals surface area contributed by atoms with E-state index in [1.165, 1.54) is 30.4 Å². The van der Waals surface area contributed by atoms with Gasteiger partial charge < -0.3 is 15.8 Å². The van der Waals surface area contributed by atoms with Gasteiger partial charge in [-0.3, -0.25) is 9.59 Å². The van der Waals surface area contributed by atoms with Gasteiger partial charge in [0.05, 0.1) is 27.7 Å². The third-order valence-electron chi connectivity index (χ3n) is 3.10. The minimum Gasteiger partial charge on any atom is -0.454 e. The molecule has 25 heavy (non-hydrogen) atoms. The number of carbonyl (C=O) groups is 3. The number of ketones is 1. The number of ether oxygens (including phenoxy) is 1. The van der Waals surface area contributed by atoms with Crippen molar-refractivity contribution in [2.75, 3.05) is 12.3 Å². The summed E-state index contributed by atoms with van der Waals surface area (Å²) in [7, 11) is 0. The molecule has 0 aliphatic rings. The number of nitrogens with one attached hydrogen (secondary N) is 1. The summed E-state index contributed by atoms with van der Waals surface area (Å²) in [6, 6.07) is 6.07. The Morgan fingerprint density at radius 1 is 1.24 bits per heavy atom. The summed E-state index contributed by atoms with van der Waals surface area (Å²) < 4.78 is 4.99. The van der Waals surface area contributed by atoms with E-state index in [-0.39, 0.29) is 33.0 Å². The van der Waals surface area contributed by atoms with E-state index in [9.17, 15) is 14.4 Å². The second-order valence-corrected chi connectivity index (χ2v) is 7.04. The van der Waals surface area contributed by atoms with E-state index >= 15 is 0 Å². The lowest BCUT2D eigenvalue weighted by atomic mass is 10.2. The maximum Gasteiger partial charge on any atom is 0.340 e. The van der Waals surface area contributed by atoms with E-state index in [1.54, 1.807) is 12.1 Å². The van der Waals surface area contributed by atoms with Gasteiger partial charge in [0.15, 0.2) is 6.61 Å².